The van der Waals surface area contributed by atoms with Crippen LogP contribution in [0.3, 0.4) is 0 Å². The fraction of sp³-hybridized carbons (Fsp3) is 0.100. The van der Waals surface area contributed by atoms with Crippen LogP contribution < -0.4 is 0 Å². The summed E-state index contributed by atoms with van der Waals surface area (Å²) in [6, 6.07) is 78.7. The lowest BCUT2D eigenvalue weighted by Crippen LogP contribution is -1.98. The molecule has 3 heterocycles. The third kappa shape index (κ3) is 9.46. The molecule has 0 saturated carbocycles. The molecule has 73 heavy (non-hydrogen) atoms. The van der Waals surface area contributed by atoms with Crippen molar-refractivity contribution in [3.63, 3.8) is 0 Å². The predicted molar refractivity (Wildman–Crippen MR) is 307 cm³/mol. The van der Waals surface area contributed by atoms with E-state index in [4.69, 9.17) is 4.98 Å². The summed E-state index contributed by atoms with van der Waals surface area (Å²) in [5, 5.41) is 7.61. The number of fused-ring (bicyclic) bond motifs is 6. The summed E-state index contributed by atoms with van der Waals surface area (Å²) < 4.78 is 0. The van der Waals surface area contributed by atoms with Crippen LogP contribution in [0.2, 0.25) is 0 Å². The Kier molecular flexibility index (Phi) is 12.3. The average Bonchev–Trinajstić information content (AvgIpc) is 3.45. The van der Waals surface area contributed by atoms with Gasteiger partial charge in [-0.25, -0.2) is 0 Å². The molecule has 3 heteroatoms. The van der Waals surface area contributed by atoms with Gasteiger partial charge in [-0.3, -0.25) is 15.0 Å². The Hall–Kier alpha value is -8.79. The summed E-state index contributed by atoms with van der Waals surface area (Å²) >= 11 is 0. The van der Waals surface area contributed by atoms with Crippen LogP contribution in [-0.2, 0) is 25.7 Å². The third-order valence-corrected chi connectivity index (χ3v) is 14.6. The highest BCUT2D eigenvalue weighted by Gasteiger charge is 2.18. The Bertz CT molecular complexity index is 3800. The van der Waals surface area contributed by atoms with E-state index in [0.29, 0.717) is 0 Å². The van der Waals surface area contributed by atoms with Crippen LogP contribution in [0.25, 0.3) is 99.5 Å². The monoisotopic (exact) mass is 937 g/mol. The SMILES string of the molecule is Cc1ccc(-c2ccc(CCc3cc(CCc4ccc(-c5ccc(C)cn5)cc4)cc(-c4ccccc4-c4ccc(-c5ccc(C)cn5)cc4-c4ccc5c6ccccc6c6ccccc6c5c4)c3)cc2)nc1. The first kappa shape index (κ1) is 45.4. The van der Waals surface area contributed by atoms with Crippen molar-refractivity contribution in [2.45, 2.75) is 46.5 Å². The van der Waals surface area contributed by atoms with Gasteiger partial charge in [-0.2, -0.15) is 0 Å². The highest BCUT2D eigenvalue weighted by atomic mass is 14.7. The minimum Gasteiger partial charge on any atom is -0.256 e. The summed E-state index contributed by atoms with van der Waals surface area (Å²) in [6.07, 6.45) is 9.56. The number of aryl methyl sites for hydroxylation is 7. The standard InChI is InChI=1S/C70H55N3/c1-46-16-35-68(71-43-46)53-27-23-49(24-28-53)19-21-51-38-52(22-20-50-25-29-54(30-26-50)69-36-17-47(2)44-72-69)40-57(39-51)58-10-4-5-11-59(58)64-34-32-56(70-37-18-48(3)45-73-70)42-66(64)55-31-33-65-62-14-7-6-12-60(62)61-13-8-9-15-63(61)67(65)41-55/h4-18,23-45H,19-22H2,1-3H3. The summed E-state index contributed by atoms with van der Waals surface area (Å²) in [6.45, 7) is 6.25. The van der Waals surface area contributed by atoms with E-state index >= 15 is 0 Å². The van der Waals surface area contributed by atoms with Crippen molar-refractivity contribution in [1.29, 1.82) is 0 Å². The molecule has 12 rings (SSSR count). The van der Waals surface area contributed by atoms with Gasteiger partial charge >= 0.3 is 0 Å². The second-order valence-corrected chi connectivity index (χ2v) is 19.8. The van der Waals surface area contributed by atoms with Crippen molar-refractivity contribution in [3.05, 3.63) is 270 Å². The molecule has 0 bridgehead atoms. The zero-order valence-electron chi connectivity index (χ0n) is 41.6. The quantitative estimate of drug-likeness (QED) is 0.115. The van der Waals surface area contributed by atoms with E-state index in [0.717, 1.165) is 65.0 Å². The Labute approximate surface area is 428 Å². The molecule has 0 aliphatic heterocycles. The number of pyridine rings is 3. The lowest BCUT2D eigenvalue weighted by atomic mass is 9.85. The number of hydrogen-bond acceptors (Lipinski definition) is 3. The van der Waals surface area contributed by atoms with Crippen molar-refractivity contribution in [2.75, 3.05) is 0 Å². The van der Waals surface area contributed by atoms with E-state index in [1.54, 1.807) is 0 Å². The van der Waals surface area contributed by atoms with Gasteiger partial charge in [0.05, 0.1) is 17.1 Å². The van der Waals surface area contributed by atoms with Crippen LogP contribution in [-0.4, -0.2) is 15.0 Å². The average molecular weight is 938 g/mol. The predicted octanol–water partition coefficient (Wildman–Crippen LogP) is 17.8. The molecule has 0 fully saturated rings. The molecule has 3 nitrogen and oxygen atoms in total. The Balaban J connectivity index is 0.948. The van der Waals surface area contributed by atoms with Crippen LogP contribution in [0.4, 0.5) is 0 Å². The lowest BCUT2D eigenvalue weighted by molar-refractivity contribution is 0.931. The molecule has 12 aromatic rings. The fourth-order valence-electron chi connectivity index (χ4n) is 10.6. The topological polar surface area (TPSA) is 38.7 Å². The smallest absolute Gasteiger partial charge is 0.0702 e. The molecule has 0 saturated heterocycles. The first-order valence-electron chi connectivity index (χ1n) is 25.5. The van der Waals surface area contributed by atoms with Crippen LogP contribution in [0.1, 0.15) is 38.9 Å². The molecule has 0 N–H and O–H groups in total. The number of aromatic nitrogens is 3. The molecule has 350 valence electrons. The first-order chi connectivity index (χ1) is 35.9. The van der Waals surface area contributed by atoms with Crippen LogP contribution >= 0.6 is 0 Å². The van der Waals surface area contributed by atoms with Crippen LogP contribution in [0, 0.1) is 20.8 Å². The molecule has 0 aliphatic rings. The molecular formula is C70H55N3. The molecule has 0 amide bonds. The van der Waals surface area contributed by atoms with E-state index in [-0.39, 0.29) is 0 Å². The number of rotatable bonds is 12. The minimum atomic E-state index is 0.923. The van der Waals surface area contributed by atoms with Crippen molar-refractivity contribution >= 4 is 32.3 Å². The summed E-state index contributed by atoms with van der Waals surface area (Å²) in [7, 11) is 0. The maximum absolute atomic E-state index is 4.91. The normalized spacial score (nSPS) is 11.4. The van der Waals surface area contributed by atoms with Gasteiger partial charge in [0.25, 0.3) is 0 Å². The van der Waals surface area contributed by atoms with E-state index in [1.807, 2.05) is 18.6 Å². The fourth-order valence-corrected chi connectivity index (χ4v) is 10.6. The highest BCUT2D eigenvalue weighted by molar-refractivity contribution is 6.25. The van der Waals surface area contributed by atoms with Gasteiger partial charge < -0.3 is 0 Å². The maximum Gasteiger partial charge on any atom is 0.0702 e. The van der Waals surface area contributed by atoms with Crippen LogP contribution in [0.15, 0.2) is 231 Å². The van der Waals surface area contributed by atoms with E-state index in [9.17, 15) is 0 Å². The molecule has 0 aliphatic carbocycles. The molecule has 0 spiro atoms. The van der Waals surface area contributed by atoms with E-state index in [2.05, 4.69) is 243 Å². The Morgan fingerprint density at radius 3 is 1.14 bits per heavy atom. The summed E-state index contributed by atoms with van der Waals surface area (Å²) in [5.74, 6) is 0. The van der Waals surface area contributed by atoms with Gasteiger partial charge in [-0.05, 0) is 181 Å². The van der Waals surface area contributed by atoms with Gasteiger partial charge in [0.2, 0.25) is 0 Å². The number of hydrogen-bond donors (Lipinski definition) is 0. The molecular weight excluding hydrogens is 883 g/mol. The lowest BCUT2D eigenvalue weighted by Gasteiger charge is -2.19. The minimum absolute atomic E-state index is 0.923. The Morgan fingerprint density at radius 2 is 0.644 bits per heavy atom. The maximum atomic E-state index is 4.91. The van der Waals surface area contributed by atoms with Crippen molar-refractivity contribution in [2.24, 2.45) is 0 Å². The van der Waals surface area contributed by atoms with Gasteiger partial charge in [0.1, 0.15) is 0 Å². The van der Waals surface area contributed by atoms with E-state index < -0.39 is 0 Å². The zero-order chi connectivity index (χ0) is 49.3. The first-order valence-corrected chi connectivity index (χ1v) is 25.5. The third-order valence-electron chi connectivity index (χ3n) is 14.6. The molecule has 0 atom stereocenters. The summed E-state index contributed by atoms with van der Waals surface area (Å²) in [5.41, 5.74) is 22.3. The number of nitrogens with zero attached hydrogens (tertiary/aromatic N) is 3. The highest BCUT2D eigenvalue weighted by Crippen LogP contribution is 2.43. The van der Waals surface area contributed by atoms with Gasteiger partial charge in [0, 0.05) is 35.3 Å². The molecule has 9 aromatic carbocycles. The summed E-state index contributed by atoms with van der Waals surface area (Å²) in [4.78, 5) is 14.3. The van der Waals surface area contributed by atoms with Crippen molar-refractivity contribution in [3.8, 4) is 67.2 Å². The van der Waals surface area contributed by atoms with Crippen molar-refractivity contribution < 1.29 is 0 Å². The molecule has 0 radical (unpaired) electrons. The largest absolute Gasteiger partial charge is 0.256 e. The van der Waals surface area contributed by atoms with Gasteiger partial charge in [-0.15, -0.1) is 0 Å². The van der Waals surface area contributed by atoms with Gasteiger partial charge in [0.15, 0.2) is 0 Å². The van der Waals surface area contributed by atoms with Crippen molar-refractivity contribution in [1.82, 2.24) is 15.0 Å². The van der Waals surface area contributed by atoms with Crippen LogP contribution in [0.5, 0.6) is 0 Å². The van der Waals surface area contributed by atoms with E-state index in [1.165, 1.54) is 99.1 Å². The zero-order valence-corrected chi connectivity index (χ0v) is 41.6. The molecule has 0 unspecified atom stereocenters. The van der Waals surface area contributed by atoms with Gasteiger partial charge in [-0.1, -0.05) is 182 Å². The number of benzene rings is 9. The molecule has 3 aromatic heterocycles. The second-order valence-electron chi connectivity index (χ2n) is 19.8. The Morgan fingerprint density at radius 1 is 0.247 bits per heavy atom. The second kappa shape index (κ2) is 19.8.